The van der Waals surface area contributed by atoms with Crippen LogP contribution in [0.3, 0.4) is 0 Å². The molecule has 0 amide bonds. The summed E-state index contributed by atoms with van der Waals surface area (Å²) in [7, 11) is 0. The van der Waals surface area contributed by atoms with E-state index in [9.17, 15) is 0 Å². The second kappa shape index (κ2) is 8.59. The molecule has 0 spiro atoms. The van der Waals surface area contributed by atoms with Crippen molar-refractivity contribution in [2.24, 2.45) is 0 Å². The van der Waals surface area contributed by atoms with E-state index in [0.717, 1.165) is 12.8 Å². The van der Waals surface area contributed by atoms with Gasteiger partial charge in [-0.2, -0.15) is 5.26 Å². The molecule has 1 saturated carbocycles. The van der Waals surface area contributed by atoms with Gasteiger partial charge in [0.25, 0.3) is 6.26 Å². The Balaban J connectivity index is 2.23. The highest BCUT2D eigenvalue weighted by atomic mass is 16.5. The Morgan fingerprint density at radius 1 is 0.733 bits per heavy atom. The van der Waals surface area contributed by atoms with E-state index < -0.39 is 0 Å². The molecular formula is C13H23NO. The van der Waals surface area contributed by atoms with E-state index in [4.69, 9.17) is 10.00 Å². The van der Waals surface area contributed by atoms with Crippen LogP contribution in [0.4, 0.5) is 0 Å². The van der Waals surface area contributed by atoms with E-state index in [1.807, 2.05) is 6.26 Å². The van der Waals surface area contributed by atoms with Gasteiger partial charge in [-0.3, -0.25) is 0 Å². The van der Waals surface area contributed by atoms with Crippen molar-refractivity contribution in [3.63, 3.8) is 0 Å². The molecule has 0 atom stereocenters. The van der Waals surface area contributed by atoms with E-state index in [-0.39, 0.29) is 6.10 Å². The molecule has 0 aliphatic heterocycles. The van der Waals surface area contributed by atoms with Crippen molar-refractivity contribution in [2.75, 3.05) is 0 Å². The molecule has 0 aromatic heterocycles. The first-order chi connectivity index (χ1) is 7.43. The first kappa shape index (κ1) is 12.4. The van der Waals surface area contributed by atoms with Gasteiger partial charge in [0.05, 0.1) is 0 Å². The Kier molecular flexibility index (Phi) is 7.08. The van der Waals surface area contributed by atoms with Crippen LogP contribution in [0.15, 0.2) is 0 Å². The largest absolute Gasteiger partial charge is 0.424 e. The zero-order valence-corrected chi connectivity index (χ0v) is 9.71. The van der Waals surface area contributed by atoms with Crippen molar-refractivity contribution in [3.8, 4) is 6.26 Å². The van der Waals surface area contributed by atoms with Crippen molar-refractivity contribution in [3.05, 3.63) is 0 Å². The summed E-state index contributed by atoms with van der Waals surface area (Å²) in [5.74, 6) is 0. The van der Waals surface area contributed by atoms with Crippen molar-refractivity contribution in [2.45, 2.75) is 76.7 Å². The van der Waals surface area contributed by atoms with Crippen molar-refractivity contribution in [1.29, 1.82) is 5.26 Å². The summed E-state index contributed by atoms with van der Waals surface area (Å²) in [6.07, 6.45) is 16.2. The molecule has 0 aromatic rings. The fourth-order valence-electron chi connectivity index (χ4n) is 2.32. The van der Waals surface area contributed by atoms with Crippen LogP contribution in [-0.2, 0) is 4.74 Å². The Bertz CT molecular complexity index is 173. The van der Waals surface area contributed by atoms with Crippen LogP contribution in [0.25, 0.3) is 0 Å². The molecule has 86 valence electrons. The number of nitriles is 1. The Labute approximate surface area is 93.6 Å². The predicted octanol–water partition coefficient (Wildman–Crippen LogP) is 4.16. The third-order valence-corrected chi connectivity index (χ3v) is 3.27. The highest BCUT2D eigenvalue weighted by molar-refractivity contribution is 4.65. The third kappa shape index (κ3) is 6.38. The summed E-state index contributed by atoms with van der Waals surface area (Å²) in [4.78, 5) is 0. The van der Waals surface area contributed by atoms with Gasteiger partial charge in [0.1, 0.15) is 6.10 Å². The van der Waals surface area contributed by atoms with Crippen LogP contribution < -0.4 is 0 Å². The first-order valence-electron chi connectivity index (χ1n) is 6.48. The average Bonchev–Trinajstić information content (AvgIpc) is 2.22. The molecule has 1 rings (SSSR count). The third-order valence-electron chi connectivity index (χ3n) is 3.27. The maximum atomic E-state index is 8.53. The maximum absolute atomic E-state index is 8.53. The number of hydrogen-bond acceptors (Lipinski definition) is 2. The molecule has 2 heteroatoms. The predicted molar refractivity (Wildman–Crippen MR) is 61.3 cm³/mol. The Hall–Kier alpha value is -0.710. The fraction of sp³-hybridized carbons (Fsp3) is 0.923. The van der Waals surface area contributed by atoms with Gasteiger partial charge in [-0.1, -0.05) is 44.9 Å². The lowest BCUT2D eigenvalue weighted by molar-refractivity contribution is 0.135. The molecular weight excluding hydrogens is 186 g/mol. The second-order valence-corrected chi connectivity index (χ2v) is 4.59. The molecule has 0 bridgehead atoms. The second-order valence-electron chi connectivity index (χ2n) is 4.59. The van der Waals surface area contributed by atoms with Gasteiger partial charge in [0.15, 0.2) is 0 Å². The molecule has 0 radical (unpaired) electrons. The first-order valence-corrected chi connectivity index (χ1v) is 6.48. The molecule has 15 heavy (non-hydrogen) atoms. The van der Waals surface area contributed by atoms with Crippen LogP contribution in [-0.4, -0.2) is 6.10 Å². The van der Waals surface area contributed by atoms with E-state index in [2.05, 4.69) is 0 Å². The normalized spacial score (nSPS) is 22.1. The SMILES string of the molecule is N#COC1CCCCCCCCCCC1. The molecule has 0 N–H and O–H groups in total. The lowest BCUT2D eigenvalue weighted by Crippen LogP contribution is -2.10. The monoisotopic (exact) mass is 209 g/mol. The van der Waals surface area contributed by atoms with Crippen molar-refractivity contribution in [1.82, 2.24) is 0 Å². The molecule has 0 saturated heterocycles. The topological polar surface area (TPSA) is 33.0 Å². The van der Waals surface area contributed by atoms with Gasteiger partial charge in [0, 0.05) is 0 Å². The minimum atomic E-state index is 0.203. The van der Waals surface area contributed by atoms with E-state index in [0.29, 0.717) is 0 Å². The van der Waals surface area contributed by atoms with E-state index >= 15 is 0 Å². The molecule has 0 aromatic carbocycles. The molecule has 1 aliphatic carbocycles. The minimum Gasteiger partial charge on any atom is -0.424 e. The van der Waals surface area contributed by atoms with E-state index in [1.54, 1.807) is 0 Å². The number of rotatable bonds is 1. The van der Waals surface area contributed by atoms with Crippen molar-refractivity contribution < 1.29 is 4.74 Å². The molecule has 1 fully saturated rings. The van der Waals surface area contributed by atoms with Gasteiger partial charge in [-0.05, 0) is 25.7 Å². The highest BCUT2D eigenvalue weighted by Gasteiger charge is 2.09. The summed E-state index contributed by atoms with van der Waals surface area (Å²) in [6.45, 7) is 0. The Morgan fingerprint density at radius 2 is 1.13 bits per heavy atom. The average molecular weight is 209 g/mol. The zero-order valence-electron chi connectivity index (χ0n) is 9.71. The summed E-state index contributed by atoms with van der Waals surface area (Å²) >= 11 is 0. The lowest BCUT2D eigenvalue weighted by atomic mass is 9.99. The van der Waals surface area contributed by atoms with Gasteiger partial charge >= 0.3 is 0 Å². The summed E-state index contributed by atoms with van der Waals surface area (Å²) in [5, 5.41) is 8.53. The van der Waals surface area contributed by atoms with Gasteiger partial charge in [0.2, 0.25) is 0 Å². The van der Waals surface area contributed by atoms with Crippen LogP contribution in [0.5, 0.6) is 0 Å². The zero-order chi connectivity index (χ0) is 10.8. The van der Waals surface area contributed by atoms with Gasteiger partial charge in [-0.15, -0.1) is 0 Å². The van der Waals surface area contributed by atoms with Crippen LogP contribution in [0, 0.1) is 11.5 Å². The fourth-order valence-corrected chi connectivity index (χ4v) is 2.32. The number of nitrogens with zero attached hydrogens (tertiary/aromatic N) is 1. The smallest absolute Gasteiger partial charge is 0.286 e. The number of hydrogen-bond donors (Lipinski definition) is 0. The van der Waals surface area contributed by atoms with Crippen LogP contribution >= 0.6 is 0 Å². The van der Waals surface area contributed by atoms with Gasteiger partial charge < -0.3 is 4.74 Å². The molecule has 0 heterocycles. The quantitative estimate of drug-likeness (QED) is 0.607. The molecule has 1 aliphatic rings. The standard InChI is InChI=1S/C13H23NO/c14-12-15-13-10-8-6-4-2-1-3-5-7-9-11-13/h13H,1-11H2. The summed E-state index contributed by atoms with van der Waals surface area (Å²) < 4.78 is 5.09. The van der Waals surface area contributed by atoms with Crippen LogP contribution in [0.2, 0.25) is 0 Å². The minimum absolute atomic E-state index is 0.203. The lowest BCUT2D eigenvalue weighted by Gasteiger charge is -2.14. The highest BCUT2D eigenvalue weighted by Crippen LogP contribution is 2.18. The maximum Gasteiger partial charge on any atom is 0.286 e. The summed E-state index contributed by atoms with van der Waals surface area (Å²) in [5.41, 5.74) is 0. The van der Waals surface area contributed by atoms with Gasteiger partial charge in [-0.25, -0.2) is 0 Å². The van der Waals surface area contributed by atoms with Crippen molar-refractivity contribution >= 4 is 0 Å². The van der Waals surface area contributed by atoms with Crippen LogP contribution in [0.1, 0.15) is 70.6 Å². The molecule has 0 unspecified atom stereocenters. The molecule has 2 nitrogen and oxygen atoms in total. The van der Waals surface area contributed by atoms with E-state index in [1.165, 1.54) is 57.8 Å². The summed E-state index contributed by atoms with van der Waals surface area (Å²) in [6, 6.07) is 0. The Morgan fingerprint density at radius 3 is 1.53 bits per heavy atom. The number of ether oxygens (including phenoxy) is 1.